The van der Waals surface area contributed by atoms with Crippen LogP contribution in [0.15, 0.2) is 136 Å². The summed E-state index contributed by atoms with van der Waals surface area (Å²) in [5.41, 5.74) is 5.60. The van der Waals surface area contributed by atoms with Gasteiger partial charge in [0.1, 0.15) is 23.2 Å². The molecule has 0 radical (unpaired) electrons. The van der Waals surface area contributed by atoms with Crippen LogP contribution >= 0.6 is 11.3 Å². The molecule has 0 fully saturated rings. The zero-order valence-corrected chi connectivity index (χ0v) is 23.1. The Hall–Kier alpha value is -5.33. The summed E-state index contributed by atoms with van der Waals surface area (Å²) in [5, 5.41) is 9.22. The van der Waals surface area contributed by atoms with Crippen molar-refractivity contribution in [3.8, 4) is 0 Å². The molecule has 1 aliphatic heterocycles. The van der Waals surface area contributed by atoms with Crippen molar-refractivity contribution in [3.63, 3.8) is 0 Å². The van der Waals surface area contributed by atoms with Crippen LogP contribution in [-0.4, -0.2) is 16.7 Å². The van der Waals surface area contributed by atoms with Crippen molar-refractivity contribution in [3.05, 3.63) is 138 Å². The van der Waals surface area contributed by atoms with Crippen LogP contribution < -0.4 is 5.32 Å². The lowest BCUT2D eigenvalue weighted by molar-refractivity contribution is 0.668. The van der Waals surface area contributed by atoms with Crippen molar-refractivity contribution < 1.29 is 4.42 Å². The number of aromatic nitrogens is 1. The second-order valence-electron chi connectivity index (χ2n) is 10.5. The molecule has 1 atom stereocenters. The van der Waals surface area contributed by atoms with E-state index in [1.165, 1.54) is 20.2 Å². The Labute approximate surface area is 244 Å². The Kier molecular flexibility index (Phi) is 5.06. The molecule has 8 aromatic rings. The van der Waals surface area contributed by atoms with E-state index in [0.29, 0.717) is 5.84 Å². The molecular weight excluding hydrogens is 536 g/mol. The van der Waals surface area contributed by atoms with E-state index in [1.54, 1.807) is 0 Å². The monoisotopic (exact) mass is 558 g/mol. The number of pyridine rings is 1. The van der Waals surface area contributed by atoms with E-state index >= 15 is 0 Å². The maximum atomic E-state index is 6.35. The van der Waals surface area contributed by atoms with E-state index in [1.807, 2.05) is 60.0 Å². The van der Waals surface area contributed by atoms with Gasteiger partial charge in [0.2, 0.25) is 0 Å². The highest BCUT2D eigenvalue weighted by Gasteiger charge is 2.25. The lowest BCUT2D eigenvalue weighted by Gasteiger charge is -2.24. The third kappa shape index (κ3) is 3.59. The van der Waals surface area contributed by atoms with Crippen molar-refractivity contribution in [1.29, 1.82) is 0 Å². The van der Waals surface area contributed by atoms with E-state index in [-0.39, 0.29) is 6.17 Å². The Morgan fingerprint density at radius 2 is 1.50 bits per heavy atom. The van der Waals surface area contributed by atoms with Crippen molar-refractivity contribution in [2.75, 3.05) is 0 Å². The summed E-state index contributed by atoms with van der Waals surface area (Å²) in [6.45, 7) is 0. The molecule has 1 N–H and O–H groups in total. The van der Waals surface area contributed by atoms with Crippen LogP contribution in [0.5, 0.6) is 0 Å². The predicted molar refractivity (Wildman–Crippen MR) is 174 cm³/mol. The highest BCUT2D eigenvalue weighted by atomic mass is 32.1. The summed E-state index contributed by atoms with van der Waals surface area (Å²) < 4.78 is 8.86. The smallest absolute Gasteiger partial charge is 0.160 e. The topological polar surface area (TPSA) is 62.8 Å². The Bertz CT molecular complexity index is 2400. The molecule has 0 amide bonds. The second-order valence-corrected chi connectivity index (χ2v) is 11.6. The minimum absolute atomic E-state index is 0.299. The molecule has 0 bridgehead atoms. The molecule has 198 valence electrons. The van der Waals surface area contributed by atoms with Gasteiger partial charge in [0, 0.05) is 59.7 Å². The number of rotatable bonds is 3. The van der Waals surface area contributed by atoms with Crippen LogP contribution in [0.3, 0.4) is 0 Å². The summed E-state index contributed by atoms with van der Waals surface area (Å²) >= 11 is 1.81. The third-order valence-electron chi connectivity index (χ3n) is 7.98. The standard InChI is InChI=1S/C36H22N4OS/c1-2-9-21(10-3-1)34-38-35(40-36(39-34)25-14-7-17-31-33(25)23-12-4-5-16-30(23)42-31)24-13-6-15-28-32(24)26-19-22-11-8-18-37-27(22)20-29(26)41-28/h1-20,34H,(H,38,39,40). The first-order valence-electron chi connectivity index (χ1n) is 13.9. The second kappa shape index (κ2) is 9.09. The highest BCUT2D eigenvalue weighted by molar-refractivity contribution is 7.25. The molecule has 6 heteroatoms. The lowest BCUT2D eigenvalue weighted by atomic mass is 10.0. The number of fused-ring (bicyclic) bond motifs is 7. The number of hydrogen-bond donors (Lipinski definition) is 1. The largest absolute Gasteiger partial charge is 0.456 e. The van der Waals surface area contributed by atoms with E-state index in [9.17, 15) is 0 Å². The van der Waals surface area contributed by atoms with Gasteiger partial charge in [-0.25, -0.2) is 9.98 Å². The lowest BCUT2D eigenvalue weighted by Crippen LogP contribution is -2.33. The Morgan fingerprint density at radius 3 is 2.45 bits per heavy atom. The van der Waals surface area contributed by atoms with Gasteiger partial charge in [0.05, 0.1) is 5.52 Å². The minimum Gasteiger partial charge on any atom is -0.456 e. The van der Waals surface area contributed by atoms with Gasteiger partial charge >= 0.3 is 0 Å². The van der Waals surface area contributed by atoms with Crippen molar-refractivity contribution in [1.82, 2.24) is 10.3 Å². The van der Waals surface area contributed by atoms with Crippen LogP contribution in [0.4, 0.5) is 0 Å². The molecule has 42 heavy (non-hydrogen) atoms. The average molecular weight is 559 g/mol. The van der Waals surface area contributed by atoms with Gasteiger partial charge in [-0.1, -0.05) is 78.9 Å². The van der Waals surface area contributed by atoms with E-state index in [4.69, 9.17) is 14.4 Å². The fourth-order valence-corrected chi connectivity index (χ4v) is 7.20. The molecule has 5 aromatic carbocycles. The van der Waals surface area contributed by atoms with Gasteiger partial charge in [0.15, 0.2) is 5.84 Å². The molecule has 9 rings (SSSR count). The van der Waals surface area contributed by atoms with Gasteiger partial charge in [-0.05, 0) is 35.9 Å². The zero-order chi connectivity index (χ0) is 27.6. The van der Waals surface area contributed by atoms with Gasteiger partial charge in [-0.15, -0.1) is 11.3 Å². The predicted octanol–water partition coefficient (Wildman–Crippen LogP) is 9.00. The molecule has 0 saturated carbocycles. The number of nitrogens with zero attached hydrogens (tertiary/aromatic N) is 3. The Balaban J connectivity index is 1.31. The van der Waals surface area contributed by atoms with Crippen LogP contribution in [0, 0.1) is 0 Å². The number of aliphatic imine (C=N–C) groups is 2. The van der Waals surface area contributed by atoms with Crippen molar-refractivity contribution >= 4 is 76.0 Å². The molecule has 3 aromatic heterocycles. The van der Waals surface area contributed by atoms with Gasteiger partial charge in [0.25, 0.3) is 0 Å². The summed E-state index contributed by atoms with van der Waals surface area (Å²) in [6, 6.07) is 39.7. The molecule has 4 heterocycles. The first kappa shape index (κ1) is 23.4. The molecule has 0 spiro atoms. The SMILES string of the molecule is c1ccc(C2N=C(c3cccc4oc5cc6ncccc6cc5c34)N=C(c3cccc4sc5ccccc5c34)N2)cc1. The van der Waals surface area contributed by atoms with Crippen molar-refractivity contribution in [2.45, 2.75) is 6.17 Å². The quantitative estimate of drug-likeness (QED) is 0.235. The normalized spacial score (nSPS) is 15.4. The summed E-state index contributed by atoms with van der Waals surface area (Å²) in [5.74, 6) is 1.48. The summed E-state index contributed by atoms with van der Waals surface area (Å²) in [4.78, 5) is 15.0. The first-order valence-corrected chi connectivity index (χ1v) is 14.7. The summed E-state index contributed by atoms with van der Waals surface area (Å²) in [6.07, 6.45) is 1.51. The van der Waals surface area contributed by atoms with Crippen LogP contribution in [-0.2, 0) is 0 Å². The third-order valence-corrected chi connectivity index (χ3v) is 9.11. The van der Waals surface area contributed by atoms with Crippen LogP contribution in [0.1, 0.15) is 22.9 Å². The Morgan fingerprint density at radius 1 is 0.667 bits per heavy atom. The summed E-state index contributed by atoms with van der Waals surface area (Å²) in [7, 11) is 0. The number of hydrogen-bond acceptors (Lipinski definition) is 6. The molecule has 1 aliphatic rings. The average Bonchev–Trinajstić information content (AvgIpc) is 3.61. The molecular formula is C36H22N4OS. The maximum Gasteiger partial charge on any atom is 0.160 e. The number of benzene rings is 5. The van der Waals surface area contributed by atoms with Crippen LogP contribution in [0.2, 0.25) is 0 Å². The van der Waals surface area contributed by atoms with Crippen molar-refractivity contribution in [2.24, 2.45) is 9.98 Å². The molecule has 0 aliphatic carbocycles. The number of furan rings is 1. The maximum absolute atomic E-state index is 6.35. The fraction of sp³-hybridized carbons (Fsp3) is 0.0278. The molecule has 1 unspecified atom stereocenters. The number of amidine groups is 2. The number of nitrogens with one attached hydrogen (secondary N) is 1. The highest BCUT2D eigenvalue weighted by Crippen LogP contribution is 2.38. The zero-order valence-electron chi connectivity index (χ0n) is 22.3. The van der Waals surface area contributed by atoms with Gasteiger partial charge in [-0.2, -0.15) is 0 Å². The van der Waals surface area contributed by atoms with E-state index < -0.39 is 0 Å². The number of thiophene rings is 1. The van der Waals surface area contributed by atoms with Gasteiger partial charge < -0.3 is 9.73 Å². The molecule has 0 saturated heterocycles. The van der Waals surface area contributed by atoms with Gasteiger partial charge in [-0.3, -0.25) is 4.98 Å². The molecule has 5 nitrogen and oxygen atoms in total. The fourth-order valence-electron chi connectivity index (χ4n) is 6.06. The first-order chi connectivity index (χ1) is 20.8. The van der Waals surface area contributed by atoms with Crippen LogP contribution in [0.25, 0.3) is 53.0 Å². The minimum atomic E-state index is -0.299. The van der Waals surface area contributed by atoms with E-state index in [2.05, 4.69) is 83.1 Å². The van der Waals surface area contributed by atoms with E-state index in [0.717, 1.165) is 55.4 Å².